The third kappa shape index (κ3) is 5.59. The number of benzene rings is 3. The topological polar surface area (TPSA) is 93.1 Å². The molecule has 182 valence electrons. The number of nitrogen functional groups attached to an aromatic ring is 1. The van der Waals surface area contributed by atoms with E-state index in [1.807, 2.05) is 110 Å². The molecule has 0 spiro atoms. The number of nitrogens with two attached hydrogens (primary N) is 1. The number of alkyl carbamates (subject to hydrolysis) is 1. The number of nitrogens with zero attached hydrogens (tertiary/aromatic N) is 2. The first-order valence-electron chi connectivity index (χ1n) is 11.8. The molecule has 0 aliphatic heterocycles. The molecule has 0 atom stereocenters. The Hall–Kier alpha value is -4.50. The van der Waals surface area contributed by atoms with Crippen molar-refractivity contribution in [3.8, 4) is 28.5 Å². The van der Waals surface area contributed by atoms with Crippen LogP contribution in [0, 0.1) is 11.3 Å². The number of carbonyl (C=O) groups is 1. The van der Waals surface area contributed by atoms with Gasteiger partial charge in [-0.2, -0.15) is 5.26 Å². The summed E-state index contributed by atoms with van der Waals surface area (Å²) in [6, 6.07) is 30.1. The number of aromatic nitrogens is 1. The van der Waals surface area contributed by atoms with Gasteiger partial charge in [0.1, 0.15) is 23.1 Å². The molecule has 0 saturated heterocycles. The van der Waals surface area contributed by atoms with Crippen molar-refractivity contribution < 1.29 is 9.53 Å². The number of carbonyl (C=O) groups excluding carboxylic acids is 1. The summed E-state index contributed by atoms with van der Waals surface area (Å²) < 4.78 is 7.33. The monoisotopic (exact) mass is 478 g/mol. The SMILES string of the molecule is CC(C)(C)OC(=O)NCc1cccc(Cn2c(N)c(C#N)c(-c3ccccc3)c2-c2ccccc2)c1. The Balaban J connectivity index is 1.72. The van der Waals surface area contributed by atoms with E-state index in [2.05, 4.69) is 11.4 Å². The maximum absolute atomic E-state index is 12.1. The van der Waals surface area contributed by atoms with E-state index in [-0.39, 0.29) is 0 Å². The molecule has 1 amide bonds. The Morgan fingerprint density at radius 2 is 1.56 bits per heavy atom. The molecule has 6 nitrogen and oxygen atoms in total. The molecule has 0 aliphatic carbocycles. The molecule has 1 heterocycles. The van der Waals surface area contributed by atoms with E-state index >= 15 is 0 Å². The molecule has 0 aliphatic rings. The van der Waals surface area contributed by atoms with E-state index in [9.17, 15) is 10.1 Å². The first kappa shape index (κ1) is 24.6. The van der Waals surface area contributed by atoms with Crippen LogP contribution in [0.15, 0.2) is 84.9 Å². The minimum absolute atomic E-state index is 0.341. The van der Waals surface area contributed by atoms with Crippen molar-refractivity contribution in [1.82, 2.24) is 9.88 Å². The summed E-state index contributed by atoms with van der Waals surface area (Å²) in [5, 5.41) is 12.9. The Morgan fingerprint density at radius 3 is 2.17 bits per heavy atom. The van der Waals surface area contributed by atoms with Crippen molar-refractivity contribution in [2.75, 3.05) is 5.73 Å². The molecule has 0 bridgehead atoms. The van der Waals surface area contributed by atoms with Gasteiger partial charge >= 0.3 is 6.09 Å². The van der Waals surface area contributed by atoms with E-state index in [4.69, 9.17) is 10.5 Å². The molecule has 0 radical (unpaired) electrons. The van der Waals surface area contributed by atoms with Crippen molar-refractivity contribution in [2.24, 2.45) is 0 Å². The largest absolute Gasteiger partial charge is 0.444 e. The first-order valence-corrected chi connectivity index (χ1v) is 11.8. The number of rotatable bonds is 6. The van der Waals surface area contributed by atoms with Gasteiger partial charge in [-0.15, -0.1) is 0 Å². The van der Waals surface area contributed by atoms with Gasteiger partial charge in [0, 0.05) is 18.7 Å². The molecule has 4 aromatic rings. The summed E-state index contributed by atoms with van der Waals surface area (Å²) in [4.78, 5) is 12.1. The van der Waals surface area contributed by atoms with E-state index in [0.29, 0.717) is 24.5 Å². The van der Waals surface area contributed by atoms with Gasteiger partial charge in [0.15, 0.2) is 0 Å². The van der Waals surface area contributed by atoms with E-state index in [0.717, 1.165) is 33.5 Å². The molecule has 0 unspecified atom stereocenters. The summed E-state index contributed by atoms with van der Waals surface area (Å²) in [6.07, 6.45) is -0.458. The lowest BCUT2D eigenvalue weighted by Crippen LogP contribution is -2.32. The van der Waals surface area contributed by atoms with Crippen LogP contribution in [0.3, 0.4) is 0 Å². The van der Waals surface area contributed by atoms with Gasteiger partial charge < -0.3 is 20.4 Å². The first-order chi connectivity index (χ1) is 17.3. The van der Waals surface area contributed by atoms with Gasteiger partial charge in [-0.25, -0.2) is 4.79 Å². The zero-order chi connectivity index (χ0) is 25.7. The van der Waals surface area contributed by atoms with Crippen LogP contribution in [0.1, 0.15) is 37.5 Å². The van der Waals surface area contributed by atoms with Gasteiger partial charge in [0.2, 0.25) is 0 Å². The standard InChI is InChI=1S/C30H30N4O2/c1-30(2,3)36-29(35)33-19-21-11-10-12-22(17-21)20-34-27(24-15-8-5-9-16-24)26(25(18-31)28(34)32)23-13-6-4-7-14-23/h4-17H,19-20,32H2,1-3H3,(H,33,35). The van der Waals surface area contributed by atoms with Crippen LogP contribution in [0.4, 0.5) is 10.6 Å². The second-order valence-corrected chi connectivity index (χ2v) is 9.59. The predicted octanol–water partition coefficient (Wildman–Crippen LogP) is 6.35. The predicted molar refractivity (Wildman–Crippen MR) is 143 cm³/mol. The van der Waals surface area contributed by atoms with Crippen molar-refractivity contribution in [3.63, 3.8) is 0 Å². The molecule has 3 N–H and O–H groups in total. The number of amides is 1. The molecule has 0 fully saturated rings. The van der Waals surface area contributed by atoms with Gasteiger partial charge in [0.05, 0.1) is 5.69 Å². The van der Waals surface area contributed by atoms with Crippen LogP contribution in [0.2, 0.25) is 0 Å². The van der Waals surface area contributed by atoms with Crippen molar-refractivity contribution in [2.45, 2.75) is 39.5 Å². The number of nitriles is 1. The van der Waals surface area contributed by atoms with Crippen LogP contribution in [0.5, 0.6) is 0 Å². The quantitative estimate of drug-likeness (QED) is 0.338. The molecular weight excluding hydrogens is 448 g/mol. The van der Waals surface area contributed by atoms with E-state index in [1.165, 1.54) is 0 Å². The van der Waals surface area contributed by atoms with Gasteiger partial charge in [-0.3, -0.25) is 0 Å². The summed E-state index contributed by atoms with van der Waals surface area (Å²) in [5.74, 6) is 0.424. The second kappa shape index (κ2) is 10.4. The molecular formula is C30H30N4O2. The van der Waals surface area contributed by atoms with Crippen molar-refractivity contribution in [3.05, 3.63) is 102 Å². The van der Waals surface area contributed by atoms with E-state index < -0.39 is 11.7 Å². The average molecular weight is 479 g/mol. The lowest BCUT2D eigenvalue weighted by atomic mass is 9.98. The number of hydrogen-bond donors (Lipinski definition) is 2. The minimum atomic E-state index is -0.555. The highest BCUT2D eigenvalue weighted by Crippen LogP contribution is 2.40. The highest BCUT2D eigenvalue weighted by molar-refractivity contribution is 5.90. The molecule has 3 aromatic carbocycles. The summed E-state index contributed by atoms with van der Waals surface area (Å²) in [5.41, 5.74) is 12.1. The van der Waals surface area contributed by atoms with E-state index in [1.54, 1.807) is 0 Å². The van der Waals surface area contributed by atoms with Crippen LogP contribution in [-0.2, 0) is 17.8 Å². The average Bonchev–Trinajstić information content (AvgIpc) is 3.14. The fourth-order valence-electron chi connectivity index (χ4n) is 4.21. The summed E-state index contributed by atoms with van der Waals surface area (Å²) in [7, 11) is 0. The molecule has 6 heteroatoms. The lowest BCUT2D eigenvalue weighted by Gasteiger charge is -2.19. The normalized spacial score (nSPS) is 11.1. The minimum Gasteiger partial charge on any atom is -0.444 e. The molecule has 4 rings (SSSR count). The fraction of sp³-hybridized carbons (Fsp3) is 0.200. The van der Waals surface area contributed by atoms with Crippen LogP contribution in [-0.4, -0.2) is 16.3 Å². The Kier molecular flexibility index (Phi) is 7.12. The molecule has 36 heavy (non-hydrogen) atoms. The summed E-state index contributed by atoms with van der Waals surface area (Å²) in [6.45, 7) is 6.31. The van der Waals surface area contributed by atoms with Crippen LogP contribution >= 0.6 is 0 Å². The third-order valence-electron chi connectivity index (χ3n) is 5.69. The maximum atomic E-state index is 12.1. The number of nitrogens with one attached hydrogen (secondary N) is 1. The second-order valence-electron chi connectivity index (χ2n) is 9.59. The Morgan fingerprint density at radius 1 is 0.944 bits per heavy atom. The van der Waals surface area contributed by atoms with Crippen LogP contribution in [0.25, 0.3) is 22.4 Å². The molecule has 0 saturated carbocycles. The number of hydrogen-bond acceptors (Lipinski definition) is 4. The van der Waals surface area contributed by atoms with Gasteiger partial charge in [-0.1, -0.05) is 84.9 Å². The van der Waals surface area contributed by atoms with Crippen molar-refractivity contribution in [1.29, 1.82) is 5.26 Å². The third-order valence-corrected chi connectivity index (χ3v) is 5.69. The van der Waals surface area contributed by atoms with Gasteiger partial charge in [-0.05, 0) is 43.0 Å². The smallest absolute Gasteiger partial charge is 0.407 e. The zero-order valence-corrected chi connectivity index (χ0v) is 20.8. The maximum Gasteiger partial charge on any atom is 0.407 e. The Bertz CT molecular complexity index is 1390. The Labute approximate surface area is 211 Å². The van der Waals surface area contributed by atoms with Crippen molar-refractivity contribution >= 4 is 11.9 Å². The lowest BCUT2D eigenvalue weighted by molar-refractivity contribution is 0.0523. The highest BCUT2D eigenvalue weighted by atomic mass is 16.6. The number of anilines is 1. The highest BCUT2D eigenvalue weighted by Gasteiger charge is 2.24. The molecule has 1 aromatic heterocycles. The van der Waals surface area contributed by atoms with Crippen LogP contribution < -0.4 is 11.1 Å². The number of ether oxygens (including phenoxy) is 1. The fourth-order valence-corrected chi connectivity index (χ4v) is 4.21. The van der Waals surface area contributed by atoms with Gasteiger partial charge in [0.25, 0.3) is 0 Å². The zero-order valence-electron chi connectivity index (χ0n) is 20.8. The summed E-state index contributed by atoms with van der Waals surface area (Å²) >= 11 is 0.